The summed E-state index contributed by atoms with van der Waals surface area (Å²) in [5, 5.41) is 19.7. The molecule has 0 spiro atoms. The van der Waals surface area contributed by atoms with Gasteiger partial charge in [-0.1, -0.05) is 0 Å². The van der Waals surface area contributed by atoms with Crippen LogP contribution in [0.2, 0.25) is 0 Å². The standard InChI is InChI=1S/C20H15F3N8/c1-29-9-11-6-14(15(21)7-17(11)27-29)20(22,23)19-26-25-18-5-4-16(28-31(18)19)12-8-24-30(10-12)13-2-3-13/h4-10,13H,2-3H2,1H3/i2D2,3D2,13D. The van der Waals surface area contributed by atoms with Crippen molar-refractivity contribution in [1.82, 2.24) is 39.4 Å². The number of aryl methyl sites for hydroxylation is 1. The first-order valence-electron chi connectivity index (χ1n) is 11.6. The molecule has 4 aromatic heterocycles. The fraction of sp³-hybridized carbons (Fsp3) is 0.250. The lowest BCUT2D eigenvalue weighted by molar-refractivity contribution is 0.0270. The minimum Gasteiger partial charge on any atom is -0.275 e. The van der Waals surface area contributed by atoms with Gasteiger partial charge < -0.3 is 0 Å². The Morgan fingerprint density at radius 1 is 1.16 bits per heavy atom. The Kier molecular flexibility index (Phi) is 2.67. The van der Waals surface area contributed by atoms with Crippen LogP contribution in [0, 0.1) is 5.82 Å². The second-order valence-electron chi connectivity index (χ2n) is 7.05. The predicted octanol–water partition coefficient (Wildman–Crippen LogP) is 3.49. The molecule has 0 saturated heterocycles. The molecule has 1 aliphatic rings. The second-order valence-corrected chi connectivity index (χ2v) is 7.05. The van der Waals surface area contributed by atoms with E-state index in [1.807, 2.05) is 0 Å². The summed E-state index contributed by atoms with van der Waals surface area (Å²) in [4.78, 5) is 0. The molecule has 0 N–H and O–H groups in total. The van der Waals surface area contributed by atoms with E-state index in [4.69, 9.17) is 6.85 Å². The van der Waals surface area contributed by atoms with E-state index in [0.717, 1.165) is 21.3 Å². The molecule has 1 fully saturated rings. The second kappa shape index (κ2) is 6.13. The molecular weight excluding hydrogens is 409 g/mol. The van der Waals surface area contributed by atoms with E-state index < -0.39 is 41.9 Å². The first-order valence-corrected chi connectivity index (χ1v) is 9.09. The van der Waals surface area contributed by atoms with Crippen molar-refractivity contribution in [2.24, 2.45) is 7.05 Å². The van der Waals surface area contributed by atoms with Crippen LogP contribution in [0.15, 0.2) is 42.9 Å². The zero-order chi connectivity index (χ0) is 25.8. The maximum absolute atomic E-state index is 15.6. The molecule has 0 atom stereocenters. The van der Waals surface area contributed by atoms with Crippen LogP contribution in [0.25, 0.3) is 27.8 Å². The van der Waals surface area contributed by atoms with Crippen molar-refractivity contribution >= 4 is 16.6 Å². The molecule has 0 aliphatic heterocycles. The van der Waals surface area contributed by atoms with E-state index in [1.165, 1.54) is 35.4 Å². The van der Waals surface area contributed by atoms with Crippen molar-refractivity contribution < 1.29 is 20.0 Å². The lowest BCUT2D eigenvalue weighted by Gasteiger charge is -2.15. The number of fused-ring (bicyclic) bond motifs is 2. The Balaban J connectivity index is 1.43. The lowest BCUT2D eigenvalue weighted by Crippen LogP contribution is -2.22. The van der Waals surface area contributed by atoms with Crippen LogP contribution in [0.4, 0.5) is 13.2 Å². The fourth-order valence-electron chi connectivity index (χ4n) is 3.39. The monoisotopic (exact) mass is 429 g/mol. The maximum atomic E-state index is 15.6. The highest BCUT2D eigenvalue weighted by Gasteiger charge is 2.42. The summed E-state index contributed by atoms with van der Waals surface area (Å²) in [5.41, 5.74) is -0.427. The molecule has 1 saturated carbocycles. The predicted molar refractivity (Wildman–Crippen MR) is 104 cm³/mol. The van der Waals surface area contributed by atoms with Gasteiger partial charge in [0.1, 0.15) is 5.82 Å². The van der Waals surface area contributed by atoms with Gasteiger partial charge >= 0.3 is 5.92 Å². The third-order valence-electron chi connectivity index (χ3n) is 4.93. The Morgan fingerprint density at radius 3 is 2.81 bits per heavy atom. The van der Waals surface area contributed by atoms with Crippen LogP contribution in [-0.2, 0) is 13.0 Å². The molecule has 6 rings (SSSR count). The van der Waals surface area contributed by atoms with E-state index in [1.54, 1.807) is 7.05 Å². The van der Waals surface area contributed by atoms with Crippen molar-refractivity contribution in [3.8, 4) is 11.3 Å². The van der Waals surface area contributed by atoms with Gasteiger partial charge in [0.15, 0.2) is 5.65 Å². The zero-order valence-electron chi connectivity index (χ0n) is 20.8. The summed E-state index contributed by atoms with van der Waals surface area (Å²) in [6, 6.07) is 2.42. The molecule has 4 heterocycles. The van der Waals surface area contributed by atoms with E-state index in [9.17, 15) is 4.39 Å². The first kappa shape index (κ1) is 13.5. The van der Waals surface area contributed by atoms with Gasteiger partial charge in [0.05, 0.1) is 30.4 Å². The Bertz CT molecular complexity index is 1680. The Morgan fingerprint density at radius 2 is 2.00 bits per heavy atom. The van der Waals surface area contributed by atoms with Gasteiger partial charge in [-0.15, -0.1) is 10.2 Å². The van der Waals surface area contributed by atoms with Gasteiger partial charge in [0, 0.05) is 41.9 Å². The number of hydrogen-bond donors (Lipinski definition) is 0. The summed E-state index contributed by atoms with van der Waals surface area (Å²) in [5.74, 6) is -6.02. The quantitative estimate of drug-likeness (QED) is 0.437. The van der Waals surface area contributed by atoms with Crippen molar-refractivity contribution in [2.75, 3.05) is 0 Å². The summed E-state index contributed by atoms with van der Waals surface area (Å²) < 4.78 is 88.2. The molecule has 11 heteroatoms. The summed E-state index contributed by atoms with van der Waals surface area (Å²) in [6.45, 7) is 0. The van der Waals surface area contributed by atoms with Gasteiger partial charge in [-0.25, -0.2) is 4.39 Å². The smallest absolute Gasteiger partial charge is 0.275 e. The number of rotatable bonds is 4. The van der Waals surface area contributed by atoms with Crippen molar-refractivity contribution in [1.29, 1.82) is 0 Å². The first-order chi connectivity index (χ1) is 16.8. The van der Waals surface area contributed by atoms with Gasteiger partial charge in [0.25, 0.3) is 0 Å². The highest BCUT2D eigenvalue weighted by molar-refractivity contribution is 5.79. The number of aromatic nitrogens is 8. The number of hydrogen-bond acceptors (Lipinski definition) is 5. The molecule has 5 aromatic rings. The van der Waals surface area contributed by atoms with Crippen LogP contribution in [-0.4, -0.2) is 39.4 Å². The van der Waals surface area contributed by atoms with Gasteiger partial charge in [-0.2, -0.15) is 28.6 Å². The molecule has 0 radical (unpaired) electrons. The Hall–Kier alpha value is -3.76. The van der Waals surface area contributed by atoms with Gasteiger partial charge in [0.2, 0.25) is 5.82 Å². The Labute approximate surface area is 179 Å². The summed E-state index contributed by atoms with van der Waals surface area (Å²) >= 11 is 0. The summed E-state index contributed by atoms with van der Waals surface area (Å²) in [6.07, 6.45) is -1.06. The van der Waals surface area contributed by atoms with Crippen molar-refractivity contribution in [2.45, 2.75) is 24.7 Å². The number of benzene rings is 1. The minimum absolute atomic E-state index is 0.0319. The molecule has 1 aromatic carbocycles. The molecule has 156 valence electrons. The average molecular weight is 429 g/mol. The van der Waals surface area contributed by atoms with Crippen LogP contribution < -0.4 is 0 Å². The van der Waals surface area contributed by atoms with E-state index in [0.29, 0.717) is 5.39 Å². The van der Waals surface area contributed by atoms with E-state index in [2.05, 4.69) is 25.5 Å². The number of alkyl halides is 2. The topological polar surface area (TPSA) is 78.7 Å². The summed E-state index contributed by atoms with van der Waals surface area (Å²) in [7, 11) is 1.59. The average Bonchev–Trinajstić information content (AvgIpc) is 3.43. The van der Waals surface area contributed by atoms with Crippen LogP contribution >= 0.6 is 0 Å². The van der Waals surface area contributed by atoms with Crippen LogP contribution in [0.1, 0.15) is 37.0 Å². The van der Waals surface area contributed by atoms with Gasteiger partial charge in [-0.3, -0.25) is 9.36 Å². The number of halogens is 3. The lowest BCUT2D eigenvalue weighted by atomic mass is 10.0. The van der Waals surface area contributed by atoms with Crippen molar-refractivity contribution in [3.63, 3.8) is 0 Å². The third kappa shape index (κ3) is 2.80. The molecule has 0 bridgehead atoms. The highest BCUT2D eigenvalue weighted by atomic mass is 19.3. The van der Waals surface area contributed by atoms with Crippen LogP contribution in [0.5, 0.6) is 0 Å². The normalized spacial score (nSPS) is 21.4. The SMILES string of the molecule is [2H]C1([2H])C([2H])([2H])C1([2H])n1cc(-c2ccc3nnc(C(F)(F)c4cc5cn(C)nc5cc4F)n3n2)cn1. The third-order valence-corrected chi connectivity index (χ3v) is 4.93. The molecule has 31 heavy (non-hydrogen) atoms. The van der Waals surface area contributed by atoms with E-state index >= 15 is 8.78 Å². The van der Waals surface area contributed by atoms with Crippen LogP contribution in [0.3, 0.4) is 0 Å². The maximum Gasteiger partial charge on any atom is 0.336 e. The number of nitrogens with zero attached hydrogens (tertiary/aromatic N) is 8. The van der Waals surface area contributed by atoms with Crippen molar-refractivity contribution in [3.05, 3.63) is 60.1 Å². The highest BCUT2D eigenvalue weighted by Crippen LogP contribution is 2.38. The fourth-order valence-corrected chi connectivity index (χ4v) is 3.39. The molecule has 8 nitrogen and oxygen atoms in total. The molecule has 1 aliphatic carbocycles. The molecular formula is C20H15F3N8. The molecule has 0 unspecified atom stereocenters. The minimum atomic E-state index is -3.92. The largest absolute Gasteiger partial charge is 0.336 e. The molecule has 0 amide bonds. The zero-order valence-corrected chi connectivity index (χ0v) is 15.8. The van der Waals surface area contributed by atoms with Gasteiger partial charge in [-0.05, 0) is 30.9 Å². The van der Waals surface area contributed by atoms with E-state index in [-0.39, 0.29) is 22.4 Å².